The third kappa shape index (κ3) is 5.62. The molecule has 3 aliphatic rings. The summed E-state index contributed by atoms with van der Waals surface area (Å²) in [6.07, 6.45) is 4.25. The number of aryl methyl sites for hydroxylation is 2. The highest BCUT2D eigenvalue weighted by molar-refractivity contribution is 7.97. The maximum atomic E-state index is 11.9. The number of nitrogens with zero attached hydrogens (tertiary/aromatic N) is 4. The predicted octanol–water partition coefficient (Wildman–Crippen LogP) is 5.03. The van der Waals surface area contributed by atoms with E-state index in [-0.39, 0.29) is 12.3 Å². The van der Waals surface area contributed by atoms with Crippen molar-refractivity contribution in [1.82, 2.24) is 24.6 Å². The van der Waals surface area contributed by atoms with Crippen LogP contribution in [0.1, 0.15) is 53.0 Å². The van der Waals surface area contributed by atoms with Crippen molar-refractivity contribution in [2.24, 2.45) is 0 Å². The molecule has 9 bridgehead atoms. The monoisotopic (exact) mass is 527 g/mol. The van der Waals surface area contributed by atoms with Crippen LogP contribution in [0.2, 0.25) is 0 Å². The molecule has 1 aromatic heterocycles. The standard InChI is InChI=1S/C30H33N5O2S/c36-30(37)19-27-23-5-1-6-26(17-23)38-34-15-11-22-8-7-21(16-25(22)20-34)4-2-12-31-13-3-14-35-29-10-9-24(27)18-28(29)32-33-35/h1,5-10,16-18,27,31H,2-4,11-15,19-20H2,(H,36,37). The summed E-state index contributed by atoms with van der Waals surface area (Å²) in [5.41, 5.74) is 8.05. The number of aliphatic carboxylic acids is 1. The van der Waals surface area contributed by atoms with Gasteiger partial charge in [-0.15, -0.1) is 5.10 Å². The van der Waals surface area contributed by atoms with E-state index in [1.807, 2.05) is 35.0 Å². The van der Waals surface area contributed by atoms with E-state index in [9.17, 15) is 9.90 Å². The van der Waals surface area contributed by atoms with Crippen molar-refractivity contribution >= 4 is 29.0 Å². The molecule has 4 aromatic rings. The third-order valence-corrected chi connectivity index (χ3v) is 8.64. The minimum absolute atomic E-state index is 0.0271. The minimum atomic E-state index is -0.811. The highest BCUT2D eigenvalue weighted by Gasteiger charge is 2.22. The van der Waals surface area contributed by atoms with Crippen LogP contribution >= 0.6 is 11.9 Å². The van der Waals surface area contributed by atoms with Gasteiger partial charge in [0.05, 0.1) is 11.9 Å². The van der Waals surface area contributed by atoms with Crippen molar-refractivity contribution in [1.29, 1.82) is 0 Å². The van der Waals surface area contributed by atoms with Crippen molar-refractivity contribution in [2.75, 3.05) is 19.6 Å². The summed E-state index contributed by atoms with van der Waals surface area (Å²) in [5.74, 6) is -1.07. The van der Waals surface area contributed by atoms with E-state index in [0.717, 1.165) is 85.5 Å². The van der Waals surface area contributed by atoms with Gasteiger partial charge >= 0.3 is 5.97 Å². The average molecular weight is 528 g/mol. The molecule has 0 amide bonds. The topological polar surface area (TPSA) is 83.3 Å². The average Bonchev–Trinajstić information content (AvgIpc) is 3.32. The molecule has 2 atom stereocenters. The van der Waals surface area contributed by atoms with E-state index in [1.165, 1.54) is 16.7 Å². The lowest BCUT2D eigenvalue weighted by Gasteiger charge is -2.28. The molecule has 4 heterocycles. The van der Waals surface area contributed by atoms with Crippen molar-refractivity contribution < 1.29 is 9.90 Å². The van der Waals surface area contributed by atoms with E-state index >= 15 is 0 Å². The SMILES string of the molecule is O=C(O)CC1c2cccc(c2)SN2CCc3ccc(cc3C2)CCCNCCCn2nnc3cc1ccc32. The normalized spacial score (nSPS) is 20.3. The van der Waals surface area contributed by atoms with Gasteiger partial charge in [-0.25, -0.2) is 8.99 Å². The molecule has 2 N–H and O–H groups in total. The number of rotatable bonds is 2. The van der Waals surface area contributed by atoms with Crippen LogP contribution in [0.15, 0.2) is 65.6 Å². The number of carbonyl (C=O) groups is 1. The lowest BCUT2D eigenvalue weighted by atomic mass is 9.88. The molecule has 0 aliphatic carbocycles. The van der Waals surface area contributed by atoms with Gasteiger partial charge in [0.1, 0.15) is 5.52 Å². The second-order valence-electron chi connectivity index (χ2n) is 10.3. The maximum absolute atomic E-state index is 11.9. The number of nitrogens with one attached hydrogen (secondary N) is 1. The van der Waals surface area contributed by atoms with Crippen LogP contribution in [0.5, 0.6) is 0 Å². The Morgan fingerprint density at radius 3 is 2.79 bits per heavy atom. The number of carboxylic acids is 1. The first-order valence-corrected chi connectivity index (χ1v) is 14.3. The van der Waals surface area contributed by atoms with Gasteiger partial charge in [-0.3, -0.25) is 4.79 Å². The van der Waals surface area contributed by atoms with E-state index < -0.39 is 5.97 Å². The van der Waals surface area contributed by atoms with Crippen LogP contribution in [0.4, 0.5) is 0 Å². The van der Waals surface area contributed by atoms with Crippen LogP contribution in [-0.4, -0.2) is 50.0 Å². The molecule has 196 valence electrons. The van der Waals surface area contributed by atoms with Gasteiger partial charge in [-0.1, -0.05) is 41.6 Å². The second kappa shape index (κ2) is 11.3. The Kier molecular flexibility index (Phi) is 7.44. The Hall–Kier alpha value is -3.20. The summed E-state index contributed by atoms with van der Waals surface area (Å²) in [6, 6.07) is 21.5. The summed E-state index contributed by atoms with van der Waals surface area (Å²) in [6.45, 7) is 4.65. The number of aromatic nitrogens is 3. The van der Waals surface area contributed by atoms with Gasteiger partial charge < -0.3 is 10.4 Å². The summed E-state index contributed by atoms with van der Waals surface area (Å²) in [5, 5.41) is 22.1. The summed E-state index contributed by atoms with van der Waals surface area (Å²) in [4.78, 5) is 13.0. The maximum Gasteiger partial charge on any atom is 0.304 e. The highest BCUT2D eigenvalue weighted by atomic mass is 32.2. The van der Waals surface area contributed by atoms with Crippen LogP contribution in [0.3, 0.4) is 0 Å². The zero-order valence-corrected chi connectivity index (χ0v) is 22.3. The minimum Gasteiger partial charge on any atom is -0.481 e. The van der Waals surface area contributed by atoms with Crippen molar-refractivity contribution in [3.05, 3.63) is 88.5 Å². The fraction of sp³-hybridized carbons (Fsp3) is 0.367. The van der Waals surface area contributed by atoms with E-state index in [4.69, 9.17) is 0 Å². The zero-order chi connectivity index (χ0) is 25.9. The summed E-state index contributed by atoms with van der Waals surface area (Å²) < 4.78 is 4.38. The predicted molar refractivity (Wildman–Crippen MR) is 150 cm³/mol. The number of hydrogen-bond donors (Lipinski definition) is 2. The quantitative estimate of drug-likeness (QED) is 0.354. The molecule has 2 unspecified atom stereocenters. The molecule has 0 spiro atoms. The van der Waals surface area contributed by atoms with Gasteiger partial charge in [-0.2, -0.15) is 0 Å². The van der Waals surface area contributed by atoms with Crippen molar-refractivity contribution in [2.45, 2.75) is 56.0 Å². The molecule has 3 aromatic carbocycles. The second-order valence-corrected chi connectivity index (χ2v) is 11.5. The van der Waals surface area contributed by atoms with Gasteiger partial charge in [0.2, 0.25) is 0 Å². The Labute approximate surface area is 227 Å². The molecular formula is C30H33N5O2S. The Morgan fingerprint density at radius 1 is 0.974 bits per heavy atom. The third-order valence-electron chi connectivity index (χ3n) is 7.60. The molecule has 0 fully saturated rings. The van der Waals surface area contributed by atoms with Gasteiger partial charge in [-0.05, 0) is 103 Å². The highest BCUT2D eigenvalue weighted by Crippen LogP contribution is 2.35. The number of hydrogen-bond acceptors (Lipinski definition) is 6. The molecule has 0 radical (unpaired) electrons. The molecular weight excluding hydrogens is 494 g/mol. The molecule has 3 aliphatic heterocycles. The van der Waals surface area contributed by atoms with Gasteiger partial charge in [0.15, 0.2) is 0 Å². The van der Waals surface area contributed by atoms with Crippen molar-refractivity contribution in [3.8, 4) is 0 Å². The lowest BCUT2D eigenvalue weighted by molar-refractivity contribution is -0.137. The molecule has 7 nitrogen and oxygen atoms in total. The fourth-order valence-corrected chi connectivity index (χ4v) is 6.64. The Balaban J connectivity index is 1.34. The Morgan fingerprint density at radius 2 is 1.87 bits per heavy atom. The summed E-state index contributed by atoms with van der Waals surface area (Å²) in [7, 11) is 0. The lowest BCUT2D eigenvalue weighted by Crippen LogP contribution is -2.24. The summed E-state index contributed by atoms with van der Waals surface area (Å²) >= 11 is 1.77. The van der Waals surface area contributed by atoms with Gasteiger partial charge in [0.25, 0.3) is 0 Å². The first-order valence-electron chi connectivity index (χ1n) is 13.5. The first-order chi connectivity index (χ1) is 18.6. The molecule has 8 heteroatoms. The fourth-order valence-electron chi connectivity index (χ4n) is 5.63. The molecule has 38 heavy (non-hydrogen) atoms. The number of fused-ring (bicyclic) bond motifs is 7. The van der Waals surface area contributed by atoms with E-state index in [1.54, 1.807) is 11.9 Å². The van der Waals surface area contributed by atoms with Crippen LogP contribution < -0.4 is 5.32 Å². The van der Waals surface area contributed by atoms with E-state index in [2.05, 4.69) is 50.3 Å². The first kappa shape index (κ1) is 25.1. The number of carboxylic acid groups (broad SMARTS) is 1. The Bertz CT molecular complexity index is 1450. The smallest absolute Gasteiger partial charge is 0.304 e. The number of benzene rings is 3. The van der Waals surface area contributed by atoms with Crippen LogP contribution in [0.25, 0.3) is 11.0 Å². The molecule has 7 rings (SSSR count). The zero-order valence-electron chi connectivity index (χ0n) is 21.5. The van der Waals surface area contributed by atoms with Crippen molar-refractivity contribution in [3.63, 3.8) is 0 Å². The van der Waals surface area contributed by atoms with Crippen LogP contribution in [0, 0.1) is 0 Å². The largest absolute Gasteiger partial charge is 0.481 e. The molecule has 0 saturated heterocycles. The molecule has 0 saturated carbocycles. The van der Waals surface area contributed by atoms with Crippen LogP contribution in [-0.2, 0) is 30.7 Å². The van der Waals surface area contributed by atoms with E-state index in [0.29, 0.717) is 0 Å². The van der Waals surface area contributed by atoms with Gasteiger partial charge in [0, 0.05) is 30.4 Å².